The number of rotatable bonds is 5. The van der Waals surface area contributed by atoms with E-state index in [1.54, 1.807) is 0 Å². The monoisotopic (exact) mass is 199 g/mol. The predicted octanol–water partition coefficient (Wildman–Crippen LogP) is 0.270. The molecule has 1 aliphatic carbocycles. The molecule has 2 rings (SSSR count). The van der Waals surface area contributed by atoms with E-state index in [1.165, 1.54) is 20.0 Å². The number of methoxy groups -OCH3 is 1. The fraction of sp³-hybridized carbons (Fsp3) is 0.900. The van der Waals surface area contributed by atoms with Crippen molar-refractivity contribution in [3.05, 3.63) is 0 Å². The standard InChI is InChI=1S/C10H17NO3/c1-13-10(12)7-14-6-8-4-11(5-8)9-2-3-9/h8-9H,2-7H2,1H3. The summed E-state index contributed by atoms with van der Waals surface area (Å²) in [5, 5.41) is 0. The van der Waals surface area contributed by atoms with Crippen molar-refractivity contribution >= 4 is 5.97 Å². The van der Waals surface area contributed by atoms with Gasteiger partial charge in [-0.2, -0.15) is 0 Å². The largest absolute Gasteiger partial charge is 0.467 e. The van der Waals surface area contributed by atoms with Gasteiger partial charge in [0.15, 0.2) is 0 Å². The van der Waals surface area contributed by atoms with Gasteiger partial charge in [-0.15, -0.1) is 0 Å². The van der Waals surface area contributed by atoms with Gasteiger partial charge in [0.1, 0.15) is 6.61 Å². The van der Waals surface area contributed by atoms with Crippen LogP contribution in [0.1, 0.15) is 12.8 Å². The van der Waals surface area contributed by atoms with Crippen LogP contribution in [0, 0.1) is 5.92 Å². The molecule has 0 aromatic carbocycles. The Morgan fingerprint density at radius 2 is 2.14 bits per heavy atom. The lowest BCUT2D eigenvalue weighted by Gasteiger charge is -2.39. The lowest BCUT2D eigenvalue weighted by molar-refractivity contribution is -0.147. The highest BCUT2D eigenvalue weighted by Crippen LogP contribution is 2.32. The van der Waals surface area contributed by atoms with Crippen molar-refractivity contribution in [1.82, 2.24) is 4.90 Å². The van der Waals surface area contributed by atoms with Gasteiger partial charge in [-0.05, 0) is 12.8 Å². The first-order chi connectivity index (χ1) is 6.79. The zero-order valence-electron chi connectivity index (χ0n) is 8.57. The van der Waals surface area contributed by atoms with Gasteiger partial charge >= 0.3 is 5.97 Å². The van der Waals surface area contributed by atoms with E-state index in [0.717, 1.165) is 19.1 Å². The van der Waals surface area contributed by atoms with E-state index in [-0.39, 0.29) is 12.6 Å². The van der Waals surface area contributed by atoms with Crippen LogP contribution in [0.3, 0.4) is 0 Å². The molecular weight excluding hydrogens is 182 g/mol. The van der Waals surface area contributed by atoms with E-state index < -0.39 is 0 Å². The molecular formula is C10H17NO3. The van der Waals surface area contributed by atoms with Gasteiger partial charge in [-0.1, -0.05) is 0 Å². The van der Waals surface area contributed by atoms with E-state index >= 15 is 0 Å². The fourth-order valence-electron chi connectivity index (χ4n) is 1.82. The van der Waals surface area contributed by atoms with Crippen molar-refractivity contribution < 1.29 is 14.3 Å². The van der Waals surface area contributed by atoms with Gasteiger partial charge < -0.3 is 9.47 Å². The highest BCUT2D eigenvalue weighted by atomic mass is 16.6. The van der Waals surface area contributed by atoms with Crippen LogP contribution in [0.25, 0.3) is 0 Å². The maximum Gasteiger partial charge on any atom is 0.331 e. The summed E-state index contributed by atoms with van der Waals surface area (Å²) in [6.45, 7) is 3.08. The third-order valence-electron chi connectivity index (χ3n) is 2.85. The molecule has 1 aliphatic heterocycles. The average molecular weight is 199 g/mol. The normalized spacial score (nSPS) is 23.2. The molecule has 14 heavy (non-hydrogen) atoms. The Morgan fingerprint density at radius 1 is 1.43 bits per heavy atom. The Hall–Kier alpha value is -0.610. The second kappa shape index (κ2) is 4.28. The molecule has 0 N–H and O–H groups in total. The SMILES string of the molecule is COC(=O)COCC1CN(C2CC2)C1. The number of hydrogen-bond acceptors (Lipinski definition) is 4. The molecule has 80 valence electrons. The summed E-state index contributed by atoms with van der Waals surface area (Å²) in [6.07, 6.45) is 2.74. The smallest absolute Gasteiger partial charge is 0.331 e. The Balaban J connectivity index is 1.49. The number of carbonyl (C=O) groups is 1. The van der Waals surface area contributed by atoms with Gasteiger partial charge in [-0.3, -0.25) is 4.90 Å². The van der Waals surface area contributed by atoms with Gasteiger partial charge in [0, 0.05) is 25.0 Å². The highest BCUT2D eigenvalue weighted by Gasteiger charge is 2.37. The first-order valence-corrected chi connectivity index (χ1v) is 5.18. The van der Waals surface area contributed by atoms with Crippen molar-refractivity contribution in [3.63, 3.8) is 0 Å². The minimum Gasteiger partial charge on any atom is -0.467 e. The molecule has 4 heteroatoms. The second-order valence-electron chi connectivity index (χ2n) is 4.14. The maximum absolute atomic E-state index is 10.7. The summed E-state index contributed by atoms with van der Waals surface area (Å²) < 4.78 is 9.72. The minimum absolute atomic E-state index is 0.0937. The summed E-state index contributed by atoms with van der Waals surface area (Å²) in [5.41, 5.74) is 0. The van der Waals surface area contributed by atoms with Crippen LogP contribution >= 0.6 is 0 Å². The zero-order chi connectivity index (χ0) is 9.97. The Bertz CT molecular complexity index is 209. The van der Waals surface area contributed by atoms with E-state index in [4.69, 9.17) is 4.74 Å². The van der Waals surface area contributed by atoms with Gasteiger partial charge in [0.05, 0.1) is 13.7 Å². The van der Waals surface area contributed by atoms with Gasteiger partial charge in [-0.25, -0.2) is 4.79 Å². The summed E-state index contributed by atoms with van der Waals surface area (Å²) in [5.74, 6) is 0.337. The number of likely N-dealkylation sites (tertiary alicyclic amines) is 1. The van der Waals surface area contributed by atoms with E-state index in [9.17, 15) is 4.79 Å². The summed E-state index contributed by atoms with van der Waals surface area (Å²) >= 11 is 0. The second-order valence-corrected chi connectivity index (χ2v) is 4.14. The van der Waals surface area contributed by atoms with Crippen molar-refractivity contribution in [3.8, 4) is 0 Å². The number of esters is 1. The molecule has 0 amide bonds. The fourth-order valence-corrected chi connectivity index (χ4v) is 1.82. The average Bonchev–Trinajstić information content (AvgIpc) is 2.91. The number of carbonyl (C=O) groups excluding carboxylic acids is 1. The zero-order valence-corrected chi connectivity index (χ0v) is 8.57. The first kappa shape index (κ1) is 9.93. The molecule has 0 aromatic rings. The van der Waals surface area contributed by atoms with Crippen LogP contribution in [0.2, 0.25) is 0 Å². The molecule has 1 heterocycles. The topological polar surface area (TPSA) is 38.8 Å². The molecule has 4 nitrogen and oxygen atoms in total. The quantitative estimate of drug-likeness (QED) is 0.596. The molecule has 0 aromatic heterocycles. The summed E-state index contributed by atoms with van der Waals surface area (Å²) in [6, 6.07) is 0.867. The van der Waals surface area contributed by atoms with Crippen LogP contribution in [0.15, 0.2) is 0 Å². The molecule has 0 atom stereocenters. The van der Waals surface area contributed by atoms with Crippen molar-refractivity contribution in [1.29, 1.82) is 0 Å². The molecule has 2 aliphatic rings. The van der Waals surface area contributed by atoms with Gasteiger partial charge in [0.2, 0.25) is 0 Å². The van der Waals surface area contributed by atoms with Crippen LogP contribution in [-0.2, 0) is 14.3 Å². The molecule has 0 spiro atoms. The lowest BCUT2D eigenvalue weighted by atomic mass is 10.0. The van der Waals surface area contributed by atoms with Crippen molar-refractivity contribution in [2.75, 3.05) is 33.4 Å². The number of ether oxygens (including phenoxy) is 2. The maximum atomic E-state index is 10.7. The third-order valence-corrected chi connectivity index (χ3v) is 2.85. The van der Waals surface area contributed by atoms with Crippen molar-refractivity contribution in [2.45, 2.75) is 18.9 Å². The first-order valence-electron chi connectivity index (χ1n) is 5.18. The number of nitrogens with zero attached hydrogens (tertiary/aromatic N) is 1. The summed E-state index contributed by atoms with van der Waals surface area (Å²) in [4.78, 5) is 13.2. The molecule has 0 radical (unpaired) electrons. The Labute approximate surface area is 84.2 Å². The molecule has 0 bridgehead atoms. The third kappa shape index (κ3) is 2.45. The van der Waals surface area contributed by atoms with Crippen LogP contribution in [0.4, 0.5) is 0 Å². The van der Waals surface area contributed by atoms with E-state index in [1.807, 2.05) is 0 Å². The minimum atomic E-state index is -0.289. The van der Waals surface area contributed by atoms with E-state index in [2.05, 4.69) is 9.64 Å². The lowest BCUT2D eigenvalue weighted by Crippen LogP contribution is -2.49. The van der Waals surface area contributed by atoms with Crippen LogP contribution < -0.4 is 0 Å². The molecule has 0 unspecified atom stereocenters. The number of hydrogen-bond donors (Lipinski definition) is 0. The molecule has 1 saturated heterocycles. The highest BCUT2D eigenvalue weighted by molar-refractivity contribution is 5.70. The molecule has 1 saturated carbocycles. The van der Waals surface area contributed by atoms with Crippen molar-refractivity contribution in [2.24, 2.45) is 5.92 Å². The Kier molecular flexibility index (Phi) is 3.03. The van der Waals surface area contributed by atoms with Crippen LogP contribution in [-0.4, -0.2) is 50.3 Å². The summed E-state index contributed by atoms with van der Waals surface area (Å²) in [7, 11) is 1.38. The van der Waals surface area contributed by atoms with Gasteiger partial charge in [0.25, 0.3) is 0 Å². The predicted molar refractivity (Wildman–Crippen MR) is 50.9 cm³/mol. The van der Waals surface area contributed by atoms with Crippen LogP contribution in [0.5, 0.6) is 0 Å². The molecule has 2 fully saturated rings. The van der Waals surface area contributed by atoms with E-state index in [0.29, 0.717) is 12.5 Å². The Morgan fingerprint density at radius 3 is 2.71 bits per heavy atom.